The number of para-hydroxylation sites is 5. The Bertz CT molecular complexity index is 3870. The third kappa shape index (κ3) is 8.14. The Balaban J connectivity index is 0.000000315. The molecule has 0 unspecified atom stereocenters. The Labute approximate surface area is 415 Å². The number of anilines is 3. The first-order chi connectivity index (χ1) is 35.1. The summed E-state index contributed by atoms with van der Waals surface area (Å²) in [6.45, 7) is 2.13. The van der Waals surface area contributed by atoms with Crippen LogP contribution >= 0.6 is 0 Å². The molecule has 3 heteroatoms. The van der Waals surface area contributed by atoms with Crippen molar-refractivity contribution in [1.29, 1.82) is 0 Å². The van der Waals surface area contributed by atoms with Crippen LogP contribution in [-0.2, 0) is 7.05 Å². The summed E-state index contributed by atoms with van der Waals surface area (Å²) < 4.78 is 4.65. The van der Waals surface area contributed by atoms with E-state index in [0.29, 0.717) is 0 Å². The fraction of sp³-hybridized carbons (Fsp3) is 0.0294. The van der Waals surface area contributed by atoms with Gasteiger partial charge in [0.25, 0.3) is 0 Å². The van der Waals surface area contributed by atoms with Crippen molar-refractivity contribution in [3.05, 3.63) is 279 Å². The number of aromatic nitrogens is 2. The fourth-order valence-electron chi connectivity index (χ4n) is 10.4. The third-order valence-corrected chi connectivity index (χ3v) is 13.9. The third-order valence-electron chi connectivity index (χ3n) is 13.9. The lowest BCUT2D eigenvalue weighted by Crippen LogP contribution is -2.11. The molecule has 0 aliphatic heterocycles. The van der Waals surface area contributed by atoms with Crippen molar-refractivity contribution in [1.82, 2.24) is 9.13 Å². The van der Waals surface area contributed by atoms with Gasteiger partial charge in [0.15, 0.2) is 0 Å². The van der Waals surface area contributed by atoms with Gasteiger partial charge in [-0.15, -0.1) is 0 Å². The van der Waals surface area contributed by atoms with Crippen LogP contribution in [0.5, 0.6) is 0 Å². The average molecular weight is 910 g/mol. The average Bonchev–Trinajstić information content (AvgIpc) is 3.93. The molecule has 13 rings (SSSR count). The first-order valence-corrected chi connectivity index (χ1v) is 24.4. The molecule has 2 heterocycles. The molecular weight excluding hydrogens is 859 g/mol. The van der Waals surface area contributed by atoms with Crippen molar-refractivity contribution >= 4 is 60.7 Å². The molecule has 0 atom stereocenters. The SMILES string of the molecule is Cc1ccc(-c2ccc(N(c3ccc(-c4ccccc4-n4c5ccccc5c5ccccc54)cc3)c3ccc(-c4ccccc4)cc3-c3ccccc3)cc2)cc1.Cn1c2ccccc2c2ccccc21. The minimum atomic E-state index is 1.08. The molecule has 0 saturated carbocycles. The lowest BCUT2D eigenvalue weighted by molar-refractivity contribution is 1.01. The van der Waals surface area contributed by atoms with Gasteiger partial charge in [0.1, 0.15) is 0 Å². The topological polar surface area (TPSA) is 13.1 Å². The molecule has 71 heavy (non-hydrogen) atoms. The molecule has 0 N–H and O–H groups in total. The van der Waals surface area contributed by atoms with E-state index in [4.69, 9.17) is 0 Å². The number of hydrogen-bond donors (Lipinski definition) is 0. The monoisotopic (exact) mass is 909 g/mol. The molecule has 0 fully saturated rings. The minimum Gasteiger partial charge on any atom is -0.344 e. The summed E-state index contributed by atoms with van der Waals surface area (Å²) in [7, 11) is 2.12. The van der Waals surface area contributed by atoms with Gasteiger partial charge in [0.2, 0.25) is 0 Å². The number of hydrogen-bond acceptors (Lipinski definition) is 1. The Morgan fingerprint density at radius 2 is 0.676 bits per heavy atom. The number of aryl methyl sites for hydroxylation is 2. The summed E-state index contributed by atoms with van der Waals surface area (Å²) in [5, 5.41) is 5.20. The maximum absolute atomic E-state index is 2.41. The minimum absolute atomic E-state index is 1.08. The van der Waals surface area contributed by atoms with Gasteiger partial charge in [-0.3, -0.25) is 0 Å². The molecular formula is C68H51N3. The number of fused-ring (bicyclic) bond motifs is 6. The van der Waals surface area contributed by atoms with E-state index in [1.54, 1.807) is 0 Å². The number of rotatable bonds is 8. The summed E-state index contributed by atoms with van der Waals surface area (Å²) in [6, 6.07) is 98.3. The summed E-state index contributed by atoms with van der Waals surface area (Å²) >= 11 is 0. The maximum atomic E-state index is 2.41. The highest BCUT2D eigenvalue weighted by atomic mass is 15.1. The van der Waals surface area contributed by atoms with Gasteiger partial charge >= 0.3 is 0 Å². The molecule has 0 aliphatic carbocycles. The van der Waals surface area contributed by atoms with Crippen LogP contribution in [0.15, 0.2) is 273 Å². The summed E-state index contributed by atoms with van der Waals surface area (Å²) in [5.74, 6) is 0. The van der Waals surface area contributed by atoms with Crippen molar-refractivity contribution in [2.45, 2.75) is 6.92 Å². The number of nitrogens with zero attached hydrogens (tertiary/aromatic N) is 3. The van der Waals surface area contributed by atoms with E-state index in [1.807, 2.05) is 0 Å². The van der Waals surface area contributed by atoms with Crippen LogP contribution in [-0.4, -0.2) is 9.13 Å². The molecule has 2 aromatic heterocycles. The van der Waals surface area contributed by atoms with Crippen LogP contribution in [0.3, 0.4) is 0 Å². The largest absolute Gasteiger partial charge is 0.344 e. The maximum Gasteiger partial charge on any atom is 0.0541 e. The van der Waals surface area contributed by atoms with E-state index in [0.717, 1.165) is 28.3 Å². The van der Waals surface area contributed by atoms with Crippen molar-refractivity contribution in [2.75, 3.05) is 4.90 Å². The molecule has 11 aromatic carbocycles. The summed E-state index contributed by atoms with van der Waals surface area (Å²) in [6.07, 6.45) is 0. The molecule has 3 nitrogen and oxygen atoms in total. The van der Waals surface area contributed by atoms with E-state index in [-0.39, 0.29) is 0 Å². The first-order valence-electron chi connectivity index (χ1n) is 24.4. The predicted octanol–water partition coefficient (Wildman–Crippen LogP) is 18.6. The van der Waals surface area contributed by atoms with Crippen molar-refractivity contribution in [3.8, 4) is 50.2 Å². The van der Waals surface area contributed by atoms with E-state index in [2.05, 4.69) is 301 Å². The molecule has 0 spiro atoms. The van der Waals surface area contributed by atoms with E-state index >= 15 is 0 Å². The zero-order valence-electron chi connectivity index (χ0n) is 39.8. The molecule has 0 amide bonds. The Hall–Kier alpha value is -9.18. The Kier molecular flexibility index (Phi) is 11.4. The Morgan fingerprint density at radius 3 is 1.23 bits per heavy atom. The van der Waals surface area contributed by atoms with E-state index < -0.39 is 0 Å². The van der Waals surface area contributed by atoms with Crippen LogP contribution < -0.4 is 4.90 Å². The standard InChI is InChI=1S/C55H40N2.C13H11N/c1-39-24-26-41(27-25-39)42-28-33-46(34-29-42)56(55-37-32-45(40-14-4-2-5-15-40)38-51(55)43-16-6-3-7-17-43)47-35-30-44(31-36-47)48-18-8-11-21-52(48)57-53-22-12-9-19-49(53)50-20-10-13-23-54(50)57;1-14-12-8-4-2-6-10(12)11-7-3-5-9-13(11)14/h2-38H,1H3;2-9H,1H3. The second-order valence-electron chi connectivity index (χ2n) is 18.2. The van der Waals surface area contributed by atoms with Crippen LogP contribution in [0, 0.1) is 6.92 Å². The van der Waals surface area contributed by atoms with Crippen LogP contribution in [0.1, 0.15) is 5.56 Å². The quantitative estimate of drug-likeness (QED) is 0.148. The lowest BCUT2D eigenvalue weighted by Gasteiger charge is -2.29. The predicted molar refractivity (Wildman–Crippen MR) is 302 cm³/mol. The van der Waals surface area contributed by atoms with Crippen LogP contribution in [0.4, 0.5) is 17.1 Å². The molecule has 338 valence electrons. The molecule has 0 bridgehead atoms. The zero-order chi connectivity index (χ0) is 47.7. The highest BCUT2D eigenvalue weighted by molar-refractivity contribution is 6.10. The van der Waals surface area contributed by atoms with Gasteiger partial charge in [-0.2, -0.15) is 0 Å². The molecule has 13 aromatic rings. The number of benzene rings is 11. The van der Waals surface area contributed by atoms with E-state index in [9.17, 15) is 0 Å². The molecule has 0 radical (unpaired) electrons. The van der Waals surface area contributed by atoms with Crippen molar-refractivity contribution in [3.63, 3.8) is 0 Å². The van der Waals surface area contributed by atoms with Gasteiger partial charge < -0.3 is 14.0 Å². The van der Waals surface area contributed by atoms with Gasteiger partial charge in [0.05, 0.1) is 22.4 Å². The Morgan fingerprint density at radius 1 is 0.296 bits per heavy atom. The van der Waals surface area contributed by atoms with Crippen LogP contribution in [0.25, 0.3) is 93.8 Å². The fourth-order valence-corrected chi connectivity index (χ4v) is 10.4. The second-order valence-corrected chi connectivity index (χ2v) is 18.2. The van der Waals surface area contributed by atoms with Crippen molar-refractivity contribution in [2.24, 2.45) is 7.05 Å². The summed E-state index contributed by atoms with van der Waals surface area (Å²) in [4.78, 5) is 2.40. The lowest BCUT2D eigenvalue weighted by atomic mass is 9.96. The molecule has 0 saturated heterocycles. The van der Waals surface area contributed by atoms with Gasteiger partial charge in [-0.05, 0) is 107 Å². The van der Waals surface area contributed by atoms with Crippen molar-refractivity contribution < 1.29 is 0 Å². The normalized spacial score (nSPS) is 11.2. The van der Waals surface area contributed by atoms with Gasteiger partial charge in [-0.1, -0.05) is 212 Å². The summed E-state index contributed by atoms with van der Waals surface area (Å²) in [5.41, 5.74) is 20.2. The molecule has 0 aliphatic rings. The first kappa shape index (κ1) is 43.1. The highest BCUT2D eigenvalue weighted by Crippen LogP contribution is 2.44. The van der Waals surface area contributed by atoms with Crippen LogP contribution in [0.2, 0.25) is 0 Å². The smallest absolute Gasteiger partial charge is 0.0541 e. The zero-order valence-corrected chi connectivity index (χ0v) is 39.8. The van der Waals surface area contributed by atoms with Gasteiger partial charge in [-0.25, -0.2) is 0 Å². The highest BCUT2D eigenvalue weighted by Gasteiger charge is 2.20. The second kappa shape index (κ2) is 18.7. The van der Waals surface area contributed by atoms with Gasteiger partial charge in [0, 0.05) is 62.1 Å². The van der Waals surface area contributed by atoms with E-state index in [1.165, 1.54) is 88.1 Å².